The molecule has 6 nitrogen and oxygen atoms in total. The third-order valence-electron chi connectivity index (χ3n) is 5.13. The molecule has 190 valence electrons. The molecule has 1 atom stereocenters. The molecule has 36 heavy (non-hydrogen) atoms. The van der Waals surface area contributed by atoms with Crippen molar-refractivity contribution in [1.82, 2.24) is 4.57 Å². The monoisotopic (exact) mass is 520 g/mol. The molecular weight excluding hydrogens is 497 g/mol. The molecule has 3 rings (SSSR count). The number of hydrogen-bond donors (Lipinski definition) is 1. The van der Waals surface area contributed by atoms with Crippen LogP contribution in [0.4, 0.5) is 18.9 Å². The van der Waals surface area contributed by atoms with E-state index in [2.05, 4.69) is 5.32 Å². The lowest BCUT2D eigenvalue weighted by Gasteiger charge is -2.19. The molecule has 0 fully saturated rings. The second kappa shape index (κ2) is 10.2. The number of alkyl halides is 3. The predicted octanol–water partition coefficient (Wildman–Crippen LogP) is 6.34. The van der Waals surface area contributed by atoms with Crippen LogP contribution in [0.25, 0.3) is 11.1 Å². The number of ether oxygens (including phenoxy) is 1. The number of halogens is 4. The highest BCUT2D eigenvalue weighted by Gasteiger charge is 2.34. The van der Waals surface area contributed by atoms with Crippen molar-refractivity contribution in [2.24, 2.45) is 0 Å². The third kappa shape index (κ3) is 6.54. The van der Waals surface area contributed by atoms with Crippen LogP contribution in [-0.4, -0.2) is 22.0 Å². The zero-order valence-corrected chi connectivity index (χ0v) is 20.7. The number of rotatable bonds is 5. The van der Waals surface area contributed by atoms with Gasteiger partial charge in [0.05, 0.1) is 11.1 Å². The number of aromatic nitrogens is 1. The molecule has 0 saturated carbocycles. The number of nitrogens with zero attached hydrogens (tertiary/aromatic N) is 1. The lowest BCUT2D eigenvalue weighted by molar-refractivity contribution is -0.137. The Hall–Kier alpha value is -3.59. The van der Waals surface area contributed by atoms with Gasteiger partial charge in [-0.05, 0) is 87.4 Å². The van der Waals surface area contributed by atoms with Gasteiger partial charge in [0.2, 0.25) is 5.91 Å². The number of esters is 1. The number of benzene rings is 2. The molecule has 1 N–H and O–H groups in total. The van der Waals surface area contributed by atoms with Crippen molar-refractivity contribution in [2.45, 2.75) is 45.5 Å². The van der Waals surface area contributed by atoms with Crippen LogP contribution in [0.15, 0.2) is 65.6 Å². The van der Waals surface area contributed by atoms with Gasteiger partial charge in [0.1, 0.15) is 11.6 Å². The molecule has 1 amide bonds. The maximum Gasteiger partial charge on any atom is 0.417 e. The number of hydrogen-bond acceptors (Lipinski definition) is 4. The maximum atomic E-state index is 13.4. The second-order valence-corrected chi connectivity index (χ2v) is 9.53. The Kier molecular flexibility index (Phi) is 7.64. The maximum absolute atomic E-state index is 13.4. The van der Waals surface area contributed by atoms with Crippen LogP contribution >= 0.6 is 11.6 Å². The van der Waals surface area contributed by atoms with Crippen molar-refractivity contribution < 1.29 is 27.5 Å². The summed E-state index contributed by atoms with van der Waals surface area (Å²) in [6.45, 7) is 6.73. The fraction of sp³-hybridized carbons (Fsp3) is 0.269. The minimum absolute atomic E-state index is 0.0245. The first-order chi connectivity index (χ1) is 16.7. The normalized spacial score (nSPS) is 12.7. The summed E-state index contributed by atoms with van der Waals surface area (Å²) < 4.78 is 46.7. The van der Waals surface area contributed by atoms with E-state index in [1.807, 2.05) is 0 Å². The summed E-state index contributed by atoms with van der Waals surface area (Å²) in [6.07, 6.45) is -3.38. The summed E-state index contributed by atoms with van der Waals surface area (Å²) in [6, 6.07) is 10.5. The predicted molar refractivity (Wildman–Crippen MR) is 131 cm³/mol. The average Bonchev–Trinajstić information content (AvgIpc) is 2.77. The summed E-state index contributed by atoms with van der Waals surface area (Å²) >= 11 is 5.88. The third-order valence-corrected chi connectivity index (χ3v) is 5.36. The molecule has 10 heteroatoms. The smallest absolute Gasteiger partial charge is 0.417 e. The van der Waals surface area contributed by atoms with Crippen LogP contribution in [0.2, 0.25) is 5.02 Å². The fourth-order valence-corrected chi connectivity index (χ4v) is 3.55. The number of amides is 1. The number of carbonyl (C=O) groups is 2. The van der Waals surface area contributed by atoms with Gasteiger partial charge in [0.25, 0.3) is 5.56 Å². The van der Waals surface area contributed by atoms with E-state index < -0.39 is 40.8 Å². The van der Waals surface area contributed by atoms with Gasteiger partial charge in [0, 0.05) is 23.0 Å². The Morgan fingerprint density at radius 1 is 1.00 bits per heavy atom. The van der Waals surface area contributed by atoms with Gasteiger partial charge in [-0.1, -0.05) is 11.6 Å². The quantitative estimate of drug-likeness (QED) is 0.398. The van der Waals surface area contributed by atoms with Gasteiger partial charge >= 0.3 is 12.1 Å². The van der Waals surface area contributed by atoms with Gasteiger partial charge in [-0.3, -0.25) is 9.59 Å². The molecule has 0 aliphatic rings. The molecule has 3 aromatic rings. The average molecular weight is 521 g/mol. The van der Waals surface area contributed by atoms with Gasteiger partial charge in [-0.15, -0.1) is 0 Å². The summed E-state index contributed by atoms with van der Waals surface area (Å²) in [4.78, 5) is 37.6. The highest BCUT2D eigenvalue weighted by atomic mass is 35.5. The number of anilines is 1. The summed E-state index contributed by atoms with van der Waals surface area (Å²) in [5.74, 6) is -1.04. The summed E-state index contributed by atoms with van der Waals surface area (Å²) in [5.41, 5.74) is -1.76. The van der Waals surface area contributed by atoms with Crippen molar-refractivity contribution in [3.05, 3.63) is 87.3 Å². The Morgan fingerprint density at radius 2 is 1.64 bits per heavy atom. The highest BCUT2D eigenvalue weighted by molar-refractivity contribution is 6.30. The zero-order chi connectivity index (χ0) is 26.8. The van der Waals surface area contributed by atoms with Crippen LogP contribution in [0.3, 0.4) is 0 Å². The van der Waals surface area contributed by atoms with E-state index in [0.29, 0.717) is 11.3 Å². The van der Waals surface area contributed by atoms with Crippen molar-refractivity contribution in [2.75, 3.05) is 5.32 Å². The molecule has 1 heterocycles. The minimum atomic E-state index is -4.64. The minimum Gasteiger partial charge on any atom is -0.456 e. The van der Waals surface area contributed by atoms with E-state index >= 15 is 0 Å². The standard InChI is InChI=1S/C26H24ClF3N2O4/c1-15(23(34)31-19-8-5-16(6-9-19)24(35)36-25(2,3)4)32-12-11-17(13-22(32)33)20-14-18(27)7-10-21(20)26(28,29)30/h5-15H,1-4H3,(H,31,34)/t15-/m0/s1. The fourth-order valence-electron chi connectivity index (χ4n) is 3.38. The van der Waals surface area contributed by atoms with Crippen molar-refractivity contribution in [1.29, 1.82) is 0 Å². The topological polar surface area (TPSA) is 77.4 Å². The number of pyridine rings is 1. The van der Waals surface area contributed by atoms with E-state index in [1.54, 1.807) is 20.8 Å². The second-order valence-electron chi connectivity index (χ2n) is 9.09. The Balaban J connectivity index is 1.78. The van der Waals surface area contributed by atoms with Crippen LogP contribution in [0, 0.1) is 0 Å². The SMILES string of the molecule is C[C@@H](C(=O)Nc1ccc(C(=O)OC(C)(C)C)cc1)n1ccc(-c2cc(Cl)ccc2C(F)(F)F)cc1=O. The molecule has 1 aromatic heterocycles. The summed E-state index contributed by atoms with van der Waals surface area (Å²) in [7, 11) is 0. The Labute approximate surface area is 210 Å². The molecule has 0 unspecified atom stereocenters. The largest absolute Gasteiger partial charge is 0.456 e. The van der Waals surface area contributed by atoms with Gasteiger partial charge in [-0.25, -0.2) is 4.79 Å². The number of nitrogens with one attached hydrogen (secondary N) is 1. The van der Waals surface area contributed by atoms with E-state index in [0.717, 1.165) is 28.8 Å². The first-order valence-corrected chi connectivity index (χ1v) is 11.3. The zero-order valence-electron chi connectivity index (χ0n) is 19.9. The Bertz CT molecular complexity index is 1340. The van der Waals surface area contributed by atoms with Gasteiger partial charge in [0.15, 0.2) is 0 Å². The van der Waals surface area contributed by atoms with Crippen LogP contribution < -0.4 is 10.9 Å². The molecule has 0 aliphatic heterocycles. The lowest BCUT2D eigenvalue weighted by atomic mass is 10.00. The number of carbonyl (C=O) groups excluding carboxylic acids is 2. The molecule has 0 aliphatic carbocycles. The Morgan fingerprint density at radius 3 is 2.19 bits per heavy atom. The summed E-state index contributed by atoms with van der Waals surface area (Å²) in [5, 5.41) is 2.74. The van der Waals surface area contributed by atoms with Crippen LogP contribution in [-0.2, 0) is 15.7 Å². The van der Waals surface area contributed by atoms with Gasteiger partial charge < -0.3 is 14.6 Å². The first kappa shape index (κ1) is 27.0. The van der Waals surface area contributed by atoms with E-state index in [1.165, 1.54) is 43.5 Å². The highest BCUT2D eigenvalue weighted by Crippen LogP contribution is 2.38. The van der Waals surface area contributed by atoms with Crippen LogP contribution in [0.1, 0.15) is 49.7 Å². The van der Waals surface area contributed by atoms with Crippen molar-refractivity contribution in [3.63, 3.8) is 0 Å². The first-order valence-electron chi connectivity index (χ1n) is 10.9. The molecular formula is C26H24ClF3N2O4. The van der Waals surface area contributed by atoms with Gasteiger partial charge in [-0.2, -0.15) is 13.2 Å². The molecule has 0 spiro atoms. The van der Waals surface area contributed by atoms with E-state index in [4.69, 9.17) is 16.3 Å². The van der Waals surface area contributed by atoms with Crippen molar-refractivity contribution >= 4 is 29.2 Å². The van der Waals surface area contributed by atoms with E-state index in [-0.39, 0.29) is 16.1 Å². The molecule has 0 radical (unpaired) electrons. The molecule has 0 bridgehead atoms. The lowest BCUT2D eigenvalue weighted by Crippen LogP contribution is -2.31. The molecule has 2 aromatic carbocycles. The van der Waals surface area contributed by atoms with Crippen molar-refractivity contribution in [3.8, 4) is 11.1 Å². The molecule has 0 saturated heterocycles. The van der Waals surface area contributed by atoms with Crippen LogP contribution in [0.5, 0.6) is 0 Å². The van der Waals surface area contributed by atoms with E-state index in [9.17, 15) is 27.6 Å².